The van der Waals surface area contributed by atoms with E-state index < -0.39 is 5.97 Å². The zero-order valence-corrected chi connectivity index (χ0v) is 14.7. The Labute approximate surface area is 142 Å². The first-order chi connectivity index (χ1) is 11.5. The molecule has 2 rings (SSSR count). The van der Waals surface area contributed by atoms with Crippen molar-refractivity contribution in [3.05, 3.63) is 41.1 Å². The Kier molecular flexibility index (Phi) is 5.90. The van der Waals surface area contributed by atoms with Crippen LogP contribution in [0.25, 0.3) is 10.9 Å². The molecule has 0 saturated carbocycles. The van der Waals surface area contributed by atoms with Crippen molar-refractivity contribution >= 4 is 22.8 Å². The minimum Gasteiger partial charge on any atom is -0.452 e. The molecule has 0 spiro atoms. The lowest BCUT2D eigenvalue weighted by Gasteiger charge is -2.15. The highest BCUT2D eigenvalue weighted by Crippen LogP contribution is 2.23. The Morgan fingerprint density at radius 3 is 2.50 bits per heavy atom. The van der Waals surface area contributed by atoms with E-state index in [1.165, 1.54) is 0 Å². The van der Waals surface area contributed by atoms with Crippen LogP contribution in [0.3, 0.4) is 0 Å². The van der Waals surface area contributed by atoms with E-state index in [4.69, 9.17) is 4.74 Å². The standard InChI is InChI=1S/C19H24N2O3/c1-5-14(6-2)21-17(22)11-24-19(23)18-12(3)15-9-7-8-10-16(15)20-13(18)4/h7-10,14H,5-6,11H2,1-4H3,(H,21,22). The number of amides is 1. The fraction of sp³-hybridized carbons (Fsp3) is 0.421. The molecule has 1 N–H and O–H groups in total. The second-order valence-electron chi connectivity index (χ2n) is 5.87. The smallest absolute Gasteiger partial charge is 0.340 e. The monoisotopic (exact) mass is 328 g/mol. The number of fused-ring (bicyclic) bond motifs is 1. The van der Waals surface area contributed by atoms with Crippen molar-refractivity contribution in [1.82, 2.24) is 10.3 Å². The van der Waals surface area contributed by atoms with Gasteiger partial charge in [0.2, 0.25) is 0 Å². The van der Waals surface area contributed by atoms with Gasteiger partial charge in [-0.15, -0.1) is 0 Å². The van der Waals surface area contributed by atoms with Crippen LogP contribution in [-0.4, -0.2) is 29.5 Å². The molecule has 5 nitrogen and oxygen atoms in total. The zero-order chi connectivity index (χ0) is 17.7. The molecule has 5 heteroatoms. The Bertz CT molecular complexity index is 752. The highest BCUT2D eigenvalue weighted by Gasteiger charge is 2.19. The molecule has 0 unspecified atom stereocenters. The normalized spacial score (nSPS) is 10.9. The summed E-state index contributed by atoms with van der Waals surface area (Å²) in [6, 6.07) is 7.77. The van der Waals surface area contributed by atoms with Crippen LogP contribution < -0.4 is 5.32 Å². The van der Waals surface area contributed by atoms with Crippen LogP contribution in [0, 0.1) is 13.8 Å². The van der Waals surface area contributed by atoms with Gasteiger partial charge in [-0.2, -0.15) is 0 Å². The van der Waals surface area contributed by atoms with E-state index in [2.05, 4.69) is 10.3 Å². The summed E-state index contributed by atoms with van der Waals surface area (Å²) in [7, 11) is 0. The molecule has 0 aliphatic rings. The lowest BCUT2D eigenvalue weighted by atomic mass is 10.0. The summed E-state index contributed by atoms with van der Waals surface area (Å²) in [5.41, 5.74) is 2.71. The number of para-hydroxylation sites is 1. The molecule has 0 aliphatic carbocycles. The second-order valence-corrected chi connectivity index (χ2v) is 5.87. The maximum absolute atomic E-state index is 12.4. The van der Waals surface area contributed by atoms with Gasteiger partial charge in [0.25, 0.3) is 5.91 Å². The topological polar surface area (TPSA) is 68.3 Å². The maximum atomic E-state index is 12.4. The molecule has 1 amide bonds. The first kappa shape index (κ1) is 17.9. The van der Waals surface area contributed by atoms with Crippen molar-refractivity contribution in [3.8, 4) is 0 Å². The number of esters is 1. The lowest BCUT2D eigenvalue weighted by molar-refractivity contribution is -0.125. The number of hydrogen-bond donors (Lipinski definition) is 1. The predicted octanol–water partition coefficient (Wildman–Crippen LogP) is 3.31. The Morgan fingerprint density at radius 2 is 1.83 bits per heavy atom. The van der Waals surface area contributed by atoms with Crippen LogP contribution in [0.5, 0.6) is 0 Å². The lowest BCUT2D eigenvalue weighted by Crippen LogP contribution is -2.37. The average molecular weight is 328 g/mol. The van der Waals surface area contributed by atoms with Crippen molar-refractivity contribution < 1.29 is 14.3 Å². The van der Waals surface area contributed by atoms with Gasteiger partial charge in [-0.3, -0.25) is 9.78 Å². The second kappa shape index (κ2) is 7.90. The summed E-state index contributed by atoms with van der Waals surface area (Å²) in [6.07, 6.45) is 1.70. The van der Waals surface area contributed by atoms with Crippen molar-refractivity contribution in [2.24, 2.45) is 0 Å². The number of hydrogen-bond acceptors (Lipinski definition) is 4. The third kappa shape index (κ3) is 3.91. The number of aryl methyl sites for hydroxylation is 2. The van der Waals surface area contributed by atoms with Crippen molar-refractivity contribution in [1.29, 1.82) is 0 Å². The van der Waals surface area contributed by atoms with Crippen LogP contribution in [0.15, 0.2) is 24.3 Å². The van der Waals surface area contributed by atoms with Crippen LogP contribution in [0.4, 0.5) is 0 Å². The van der Waals surface area contributed by atoms with Crippen LogP contribution in [0.2, 0.25) is 0 Å². The number of carbonyl (C=O) groups is 2. The number of rotatable bonds is 6. The third-order valence-electron chi connectivity index (χ3n) is 4.22. The predicted molar refractivity (Wildman–Crippen MR) is 94.0 cm³/mol. The third-order valence-corrected chi connectivity index (χ3v) is 4.22. The van der Waals surface area contributed by atoms with E-state index in [-0.39, 0.29) is 18.6 Å². The number of carbonyl (C=O) groups excluding carboxylic acids is 2. The van der Waals surface area contributed by atoms with Crippen molar-refractivity contribution in [2.75, 3.05) is 6.61 Å². The van der Waals surface area contributed by atoms with Crippen molar-refractivity contribution in [2.45, 2.75) is 46.6 Å². The number of pyridine rings is 1. The van der Waals surface area contributed by atoms with E-state index in [1.807, 2.05) is 45.0 Å². The molecular formula is C19H24N2O3. The van der Waals surface area contributed by atoms with E-state index >= 15 is 0 Å². The molecule has 1 aromatic heterocycles. The molecule has 2 aromatic rings. The highest BCUT2D eigenvalue weighted by atomic mass is 16.5. The molecule has 1 aromatic carbocycles. The Balaban J connectivity index is 2.13. The first-order valence-corrected chi connectivity index (χ1v) is 8.30. The van der Waals surface area contributed by atoms with Gasteiger partial charge in [-0.05, 0) is 38.3 Å². The summed E-state index contributed by atoms with van der Waals surface area (Å²) in [5.74, 6) is -0.788. The van der Waals surface area contributed by atoms with E-state index in [9.17, 15) is 9.59 Å². The Hall–Kier alpha value is -2.43. The molecule has 0 bridgehead atoms. The van der Waals surface area contributed by atoms with Gasteiger partial charge in [0, 0.05) is 11.4 Å². The molecule has 24 heavy (non-hydrogen) atoms. The van der Waals surface area contributed by atoms with Crippen LogP contribution >= 0.6 is 0 Å². The van der Waals surface area contributed by atoms with Gasteiger partial charge < -0.3 is 10.1 Å². The molecule has 0 aliphatic heterocycles. The minimum absolute atomic E-state index is 0.113. The highest BCUT2D eigenvalue weighted by molar-refractivity contribution is 5.99. The largest absolute Gasteiger partial charge is 0.452 e. The van der Waals surface area contributed by atoms with Crippen molar-refractivity contribution in [3.63, 3.8) is 0 Å². The number of ether oxygens (including phenoxy) is 1. The van der Waals surface area contributed by atoms with Crippen LogP contribution in [0.1, 0.15) is 48.3 Å². The average Bonchev–Trinajstić information content (AvgIpc) is 2.57. The molecule has 0 fully saturated rings. The van der Waals surface area contributed by atoms with Crippen LogP contribution in [-0.2, 0) is 9.53 Å². The summed E-state index contributed by atoms with van der Waals surface area (Å²) < 4.78 is 5.20. The van der Waals surface area contributed by atoms with Gasteiger partial charge in [-0.1, -0.05) is 32.0 Å². The van der Waals surface area contributed by atoms with E-state index in [1.54, 1.807) is 6.92 Å². The number of benzene rings is 1. The fourth-order valence-electron chi connectivity index (χ4n) is 2.80. The molecule has 0 radical (unpaired) electrons. The molecule has 0 atom stereocenters. The van der Waals surface area contributed by atoms with Gasteiger partial charge in [0.1, 0.15) is 0 Å². The first-order valence-electron chi connectivity index (χ1n) is 8.30. The SMILES string of the molecule is CCC(CC)NC(=O)COC(=O)c1c(C)nc2ccccc2c1C. The Morgan fingerprint density at radius 1 is 1.17 bits per heavy atom. The van der Waals surface area contributed by atoms with Gasteiger partial charge in [0.15, 0.2) is 6.61 Å². The quantitative estimate of drug-likeness (QED) is 0.826. The summed E-state index contributed by atoms with van der Waals surface area (Å²) in [4.78, 5) is 28.8. The van der Waals surface area contributed by atoms with E-state index in [0.717, 1.165) is 29.3 Å². The van der Waals surface area contributed by atoms with E-state index in [0.29, 0.717) is 11.3 Å². The zero-order valence-electron chi connectivity index (χ0n) is 14.7. The number of nitrogens with zero attached hydrogens (tertiary/aromatic N) is 1. The molecule has 0 saturated heterocycles. The molecular weight excluding hydrogens is 304 g/mol. The molecule has 1 heterocycles. The number of nitrogens with one attached hydrogen (secondary N) is 1. The maximum Gasteiger partial charge on any atom is 0.340 e. The summed E-state index contributed by atoms with van der Waals surface area (Å²) >= 11 is 0. The van der Waals surface area contributed by atoms with Gasteiger partial charge in [0.05, 0.1) is 16.8 Å². The molecule has 128 valence electrons. The fourth-order valence-corrected chi connectivity index (χ4v) is 2.80. The van der Waals surface area contributed by atoms with Gasteiger partial charge >= 0.3 is 5.97 Å². The summed E-state index contributed by atoms with van der Waals surface area (Å²) in [6.45, 7) is 7.39. The minimum atomic E-state index is -0.511. The summed E-state index contributed by atoms with van der Waals surface area (Å²) in [5, 5.41) is 3.76. The number of aromatic nitrogens is 1. The van der Waals surface area contributed by atoms with Gasteiger partial charge in [-0.25, -0.2) is 4.79 Å².